The molecule has 1 fully saturated rings. The Kier molecular flexibility index (Phi) is 5.37. The molecule has 2 aromatic carbocycles. The molecule has 134 valence electrons. The lowest BCUT2D eigenvalue weighted by Gasteiger charge is -2.14. The van der Waals surface area contributed by atoms with Gasteiger partial charge in [-0.1, -0.05) is 17.7 Å². The molecule has 1 saturated heterocycles. The van der Waals surface area contributed by atoms with Crippen LogP contribution in [-0.2, 0) is 14.4 Å². The Hall–Kier alpha value is -2.67. The van der Waals surface area contributed by atoms with Crippen molar-refractivity contribution in [2.75, 3.05) is 16.0 Å². The predicted molar refractivity (Wildman–Crippen MR) is 99.6 cm³/mol. The lowest BCUT2D eigenvalue weighted by Crippen LogP contribution is -2.31. The molecule has 1 heterocycles. The maximum Gasteiger partial charge on any atom is 0.247 e. The van der Waals surface area contributed by atoms with Gasteiger partial charge in [-0.05, 0) is 43.3 Å². The standard InChI is InChI=1S/C19H17FN2O3S/c1-12-2-6-14(7-3-12)21-17(23)11-26-16-10-18(24)22(19(16)25)15-8-4-13(20)5-9-15/h2-9,16H,10-11H2,1H3,(H,21,23). The maximum atomic E-state index is 13.0. The van der Waals surface area contributed by atoms with Gasteiger partial charge in [0.05, 0.1) is 16.7 Å². The number of aryl methyl sites for hydroxylation is 1. The number of rotatable bonds is 5. The number of hydrogen-bond donors (Lipinski definition) is 1. The zero-order valence-corrected chi connectivity index (χ0v) is 14.9. The van der Waals surface area contributed by atoms with Gasteiger partial charge in [-0.15, -0.1) is 11.8 Å². The average molecular weight is 372 g/mol. The second-order valence-corrected chi connectivity index (χ2v) is 7.15. The van der Waals surface area contributed by atoms with Crippen LogP contribution in [-0.4, -0.2) is 28.7 Å². The SMILES string of the molecule is Cc1ccc(NC(=O)CSC2CC(=O)N(c3ccc(F)cc3)C2=O)cc1. The quantitative estimate of drug-likeness (QED) is 0.819. The highest BCUT2D eigenvalue weighted by Gasteiger charge is 2.40. The molecule has 0 saturated carbocycles. The highest BCUT2D eigenvalue weighted by atomic mass is 32.2. The van der Waals surface area contributed by atoms with E-state index in [-0.39, 0.29) is 29.9 Å². The molecular weight excluding hydrogens is 355 g/mol. The van der Waals surface area contributed by atoms with Crippen LogP contribution in [0.4, 0.5) is 15.8 Å². The third-order valence-electron chi connectivity index (χ3n) is 3.94. The van der Waals surface area contributed by atoms with Crippen LogP contribution < -0.4 is 10.2 Å². The van der Waals surface area contributed by atoms with E-state index in [2.05, 4.69) is 5.32 Å². The normalized spacial score (nSPS) is 16.8. The van der Waals surface area contributed by atoms with E-state index >= 15 is 0 Å². The van der Waals surface area contributed by atoms with Crippen molar-refractivity contribution in [3.8, 4) is 0 Å². The van der Waals surface area contributed by atoms with E-state index in [1.165, 1.54) is 24.3 Å². The Balaban J connectivity index is 1.57. The van der Waals surface area contributed by atoms with Gasteiger partial charge in [0.15, 0.2) is 0 Å². The molecule has 2 aromatic rings. The predicted octanol–water partition coefficient (Wildman–Crippen LogP) is 3.14. The van der Waals surface area contributed by atoms with E-state index in [4.69, 9.17) is 0 Å². The fraction of sp³-hybridized carbons (Fsp3) is 0.211. The van der Waals surface area contributed by atoms with Crippen molar-refractivity contribution in [3.63, 3.8) is 0 Å². The van der Waals surface area contributed by atoms with Crippen LogP contribution in [0.5, 0.6) is 0 Å². The molecule has 0 aromatic heterocycles. The summed E-state index contributed by atoms with van der Waals surface area (Å²) in [5, 5.41) is 2.14. The molecule has 1 aliphatic heterocycles. The zero-order valence-electron chi connectivity index (χ0n) is 14.1. The third-order valence-corrected chi connectivity index (χ3v) is 5.14. The molecule has 0 radical (unpaired) electrons. The summed E-state index contributed by atoms with van der Waals surface area (Å²) in [5.74, 6) is -1.34. The summed E-state index contributed by atoms with van der Waals surface area (Å²) in [6, 6.07) is 12.6. The number of carbonyl (C=O) groups is 3. The van der Waals surface area contributed by atoms with Gasteiger partial charge in [0, 0.05) is 12.1 Å². The van der Waals surface area contributed by atoms with E-state index in [0.717, 1.165) is 22.2 Å². The maximum absolute atomic E-state index is 13.0. The number of benzene rings is 2. The van der Waals surface area contributed by atoms with Crippen LogP contribution in [0.1, 0.15) is 12.0 Å². The topological polar surface area (TPSA) is 66.5 Å². The van der Waals surface area contributed by atoms with Gasteiger partial charge in [0.2, 0.25) is 17.7 Å². The highest BCUT2D eigenvalue weighted by Crippen LogP contribution is 2.29. The Morgan fingerprint density at radius 3 is 2.46 bits per heavy atom. The first-order chi connectivity index (χ1) is 12.4. The van der Waals surface area contributed by atoms with Crippen LogP contribution in [0.15, 0.2) is 48.5 Å². The van der Waals surface area contributed by atoms with Crippen LogP contribution in [0.3, 0.4) is 0 Å². The third kappa shape index (κ3) is 4.11. The van der Waals surface area contributed by atoms with E-state index < -0.39 is 11.1 Å². The van der Waals surface area contributed by atoms with Crippen LogP contribution in [0.2, 0.25) is 0 Å². The lowest BCUT2D eigenvalue weighted by atomic mass is 10.2. The molecule has 1 aliphatic rings. The molecular formula is C19H17FN2O3S. The molecule has 3 rings (SSSR count). The van der Waals surface area contributed by atoms with E-state index in [9.17, 15) is 18.8 Å². The smallest absolute Gasteiger partial charge is 0.247 e. The highest BCUT2D eigenvalue weighted by molar-refractivity contribution is 8.01. The molecule has 3 amide bonds. The molecule has 5 nitrogen and oxygen atoms in total. The van der Waals surface area contributed by atoms with Crippen molar-refractivity contribution < 1.29 is 18.8 Å². The minimum atomic E-state index is -0.615. The summed E-state index contributed by atoms with van der Waals surface area (Å²) in [7, 11) is 0. The summed E-state index contributed by atoms with van der Waals surface area (Å²) in [5.41, 5.74) is 2.12. The van der Waals surface area contributed by atoms with Crippen LogP contribution >= 0.6 is 11.8 Å². The number of hydrogen-bond acceptors (Lipinski definition) is 4. The molecule has 1 atom stereocenters. The van der Waals surface area contributed by atoms with Gasteiger partial charge in [-0.2, -0.15) is 0 Å². The summed E-state index contributed by atoms with van der Waals surface area (Å²) in [6.45, 7) is 1.96. The van der Waals surface area contributed by atoms with Crippen LogP contribution in [0.25, 0.3) is 0 Å². The second kappa shape index (κ2) is 7.70. The molecule has 7 heteroatoms. The summed E-state index contributed by atoms with van der Waals surface area (Å²) in [4.78, 5) is 37.7. The number of imide groups is 1. The lowest BCUT2D eigenvalue weighted by molar-refractivity contribution is -0.121. The van der Waals surface area contributed by atoms with Crippen molar-refractivity contribution in [2.24, 2.45) is 0 Å². The Morgan fingerprint density at radius 2 is 1.81 bits per heavy atom. The average Bonchev–Trinajstić information content (AvgIpc) is 2.90. The minimum absolute atomic E-state index is 0.0265. The monoisotopic (exact) mass is 372 g/mol. The number of halogens is 1. The molecule has 0 bridgehead atoms. The first kappa shape index (κ1) is 18.1. The van der Waals surface area contributed by atoms with E-state index in [0.29, 0.717) is 11.4 Å². The van der Waals surface area contributed by atoms with Gasteiger partial charge >= 0.3 is 0 Å². The number of carbonyl (C=O) groups excluding carboxylic acids is 3. The zero-order chi connectivity index (χ0) is 18.7. The molecule has 1 N–H and O–H groups in total. The second-order valence-electron chi connectivity index (χ2n) is 5.96. The molecule has 26 heavy (non-hydrogen) atoms. The Morgan fingerprint density at radius 1 is 1.15 bits per heavy atom. The number of amides is 3. The van der Waals surface area contributed by atoms with E-state index in [1.54, 1.807) is 12.1 Å². The van der Waals surface area contributed by atoms with Crippen molar-refractivity contribution in [2.45, 2.75) is 18.6 Å². The van der Waals surface area contributed by atoms with Gasteiger partial charge in [0.25, 0.3) is 0 Å². The minimum Gasteiger partial charge on any atom is -0.325 e. The fourth-order valence-electron chi connectivity index (χ4n) is 2.61. The van der Waals surface area contributed by atoms with Gasteiger partial charge in [-0.3, -0.25) is 14.4 Å². The number of nitrogens with one attached hydrogen (secondary N) is 1. The van der Waals surface area contributed by atoms with Gasteiger partial charge in [-0.25, -0.2) is 9.29 Å². The van der Waals surface area contributed by atoms with Crippen molar-refractivity contribution in [3.05, 3.63) is 59.9 Å². The fourth-order valence-corrected chi connectivity index (χ4v) is 3.54. The molecule has 0 aliphatic carbocycles. The van der Waals surface area contributed by atoms with Crippen LogP contribution in [0, 0.1) is 12.7 Å². The number of anilines is 2. The Labute approximate surface area is 154 Å². The Bertz CT molecular complexity index is 837. The first-order valence-electron chi connectivity index (χ1n) is 8.04. The van der Waals surface area contributed by atoms with E-state index in [1.807, 2.05) is 19.1 Å². The molecule has 1 unspecified atom stereocenters. The summed E-state index contributed by atoms with van der Waals surface area (Å²) >= 11 is 1.13. The largest absolute Gasteiger partial charge is 0.325 e. The van der Waals surface area contributed by atoms with Crippen molar-refractivity contribution >= 4 is 40.9 Å². The molecule has 0 spiro atoms. The summed E-state index contributed by atoms with van der Waals surface area (Å²) in [6.07, 6.45) is 0.0265. The first-order valence-corrected chi connectivity index (χ1v) is 9.09. The summed E-state index contributed by atoms with van der Waals surface area (Å²) < 4.78 is 13.0. The van der Waals surface area contributed by atoms with Crippen molar-refractivity contribution in [1.29, 1.82) is 0 Å². The van der Waals surface area contributed by atoms with Crippen molar-refractivity contribution in [1.82, 2.24) is 0 Å². The van der Waals surface area contributed by atoms with Gasteiger partial charge in [0.1, 0.15) is 5.82 Å². The number of nitrogens with zero attached hydrogens (tertiary/aromatic N) is 1. The number of thioether (sulfide) groups is 1. The van der Waals surface area contributed by atoms with Gasteiger partial charge < -0.3 is 5.32 Å².